The highest BCUT2D eigenvalue weighted by Gasteiger charge is 2.23. The Morgan fingerprint density at radius 1 is 1.06 bits per heavy atom. The molecule has 34 heavy (non-hydrogen) atoms. The van der Waals surface area contributed by atoms with E-state index in [1.165, 1.54) is 41.0 Å². The number of carbonyl (C=O) groups excluding carboxylic acids is 1. The zero-order chi connectivity index (χ0) is 24.7. The number of hydrogen-bond acceptors (Lipinski definition) is 5. The van der Waals surface area contributed by atoms with Crippen LogP contribution in [0.2, 0.25) is 0 Å². The molecule has 0 radical (unpaired) electrons. The summed E-state index contributed by atoms with van der Waals surface area (Å²) in [7, 11) is -3.72. The third-order valence-corrected chi connectivity index (χ3v) is 8.51. The Balaban J connectivity index is 1.65. The summed E-state index contributed by atoms with van der Waals surface area (Å²) in [6.07, 6.45) is 3.66. The van der Waals surface area contributed by atoms with Gasteiger partial charge in [0.15, 0.2) is 0 Å². The maximum atomic E-state index is 12.8. The fourth-order valence-corrected chi connectivity index (χ4v) is 5.73. The molecule has 0 aliphatic carbocycles. The van der Waals surface area contributed by atoms with E-state index in [0.29, 0.717) is 19.6 Å². The predicted molar refractivity (Wildman–Crippen MR) is 133 cm³/mol. The molecule has 0 bridgehead atoms. The molecule has 1 amide bonds. The first-order valence-corrected chi connectivity index (χ1v) is 13.4. The van der Waals surface area contributed by atoms with Gasteiger partial charge >= 0.3 is 0 Å². The van der Waals surface area contributed by atoms with Crippen molar-refractivity contribution in [3.05, 3.63) is 64.1 Å². The highest BCUT2D eigenvalue weighted by molar-refractivity contribution is 7.89. The van der Waals surface area contributed by atoms with Gasteiger partial charge in [-0.1, -0.05) is 45.0 Å². The third kappa shape index (κ3) is 6.55. The lowest BCUT2D eigenvalue weighted by atomic mass is 9.98. The molecule has 2 heterocycles. The Kier molecular flexibility index (Phi) is 9.04. The Bertz CT molecular complexity index is 1130. The number of sulfonamides is 1. The fourth-order valence-electron chi connectivity index (χ4n) is 4.25. The van der Waals surface area contributed by atoms with Crippen LogP contribution in [0.25, 0.3) is 0 Å². The second kappa shape index (κ2) is 11.8. The molecule has 9 heteroatoms. The molecule has 1 fully saturated rings. The minimum Gasteiger partial charge on any atom is -0.350 e. The fraction of sp³-hybridized carbons (Fsp3) is 0.520. The van der Waals surface area contributed by atoms with E-state index in [-0.39, 0.29) is 17.3 Å². The van der Waals surface area contributed by atoms with Gasteiger partial charge in [-0.3, -0.25) is 14.5 Å². The van der Waals surface area contributed by atoms with E-state index in [4.69, 9.17) is 0 Å². The molecule has 0 spiro atoms. The van der Waals surface area contributed by atoms with Crippen LogP contribution in [0.5, 0.6) is 0 Å². The minimum atomic E-state index is -3.72. The van der Waals surface area contributed by atoms with Crippen LogP contribution in [0.1, 0.15) is 44.7 Å². The molecule has 2 aromatic rings. The number of nitrogens with one attached hydrogen (secondary N) is 1. The maximum absolute atomic E-state index is 12.8. The lowest BCUT2D eigenvalue weighted by molar-refractivity contribution is -0.121. The van der Waals surface area contributed by atoms with E-state index < -0.39 is 15.6 Å². The van der Waals surface area contributed by atoms with Gasteiger partial charge in [0.25, 0.3) is 5.56 Å². The Morgan fingerprint density at radius 3 is 2.35 bits per heavy atom. The number of piperidine rings is 1. The number of carbonyl (C=O) groups is 1. The Labute approximate surface area is 202 Å². The predicted octanol–water partition coefficient (Wildman–Crippen LogP) is 2.43. The molecular weight excluding hydrogens is 452 g/mol. The Morgan fingerprint density at radius 2 is 1.71 bits per heavy atom. The average molecular weight is 489 g/mol. The molecule has 1 N–H and O–H groups in total. The van der Waals surface area contributed by atoms with Crippen molar-refractivity contribution >= 4 is 15.9 Å². The highest BCUT2D eigenvalue weighted by Crippen LogP contribution is 2.20. The van der Waals surface area contributed by atoms with Crippen molar-refractivity contribution < 1.29 is 13.2 Å². The molecule has 0 atom stereocenters. The zero-order valence-corrected chi connectivity index (χ0v) is 21.2. The summed E-state index contributed by atoms with van der Waals surface area (Å²) in [6, 6.07) is 10.5. The number of nitrogens with zero attached hydrogens (tertiary/aromatic N) is 3. The summed E-state index contributed by atoms with van der Waals surface area (Å²) < 4.78 is 28.0. The zero-order valence-electron chi connectivity index (χ0n) is 20.4. The van der Waals surface area contributed by atoms with Crippen LogP contribution in [0, 0.1) is 5.92 Å². The van der Waals surface area contributed by atoms with E-state index >= 15 is 0 Å². The van der Waals surface area contributed by atoms with Gasteiger partial charge in [0.1, 0.15) is 6.54 Å². The van der Waals surface area contributed by atoms with E-state index in [2.05, 4.69) is 23.2 Å². The van der Waals surface area contributed by atoms with Gasteiger partial charge in [-0.25, -0.2) is 8.42 Å². The summed E-state index contributed by atoms with van der Waals surface area (Å²) in [6.45, 7) is 9.59. The van der Waals surface area contributed by atoms with Gasteiger partial charge in [-0.2, -0.15) is 4.31 Å². The quantitative estimate of drug-likeness (QED) is 0.555. The lowest BCUT2D eigenvalue weighted by Crippen LogP contribution is -2.35. The van der Waals surface area contributed by atoms with Crippen molar-refractivity contribution in [1.82, 2.24) is 19.1 Å². The molecule has 1 aliphatic rings. The SMILES string of the molecule is CCN(CC)S(=O)(=O)c1ccc(=O)n(CC(=O)NCc2ccccc2CN2CCC(C)CC2)c1. The molecule has 0 saturated carbocycles. The lowest BCUT2D eigenvalue weighted by Gasteiger charge is -2.30. The summed E-state index contributed by atoms with van der Waals surface area (Å²) in [5.74, 6) is 0.427. The normalized spacial score (nSPS) is 15.5. The van der Waals surface area contributed by atoms with E-state index in [1.54, 1.807) is 13.8 Å². The van der Waals surface area contributed by atoms with Crippen molar-refractivity contribution in [3.8, 4) is 0 Å². The average Bonchev–Trinajstić information content (AvgIpc) is 2.82. The summed E-state index contributed by atoms with van der Waals surface area (Å²) >= 11 is 0. The smallest absolute Gasteiger partial charge is 0.251 e. The number of rotatable bonds is 10. The molecule has 0 unspecified atom stereocenters. The maximum Gasteiger partial charge on any atom is 0.251 e. The van der Waals surface area contributed by atoms with Crippen molar-refractivity contribution in [2.24, 2.45) is 5.92 Å². The molecular formula is C25H36N4O4S. The Hall–Kier alpha value is -2.49. The van der Waals surface area contributed by atoms with Crippen LogP contribution in [-0.4, -0.2) is 54.3 Å². The first-order chi connectivity index (χ1) is 16.2. The molecule has 1 aromatic carbocycles. The van der Waals surface area contributed by atoms with Gasteiger partial charge in [-0.15, -0.1) is 0 Å². The second-order valence-corrected chi connectivity index (χ2v) is 10.9. The van der Waals surface area contributed by atoms with Crippen LogP contribution in [0.3, 0.4) is 0 Å². The molecule has 1 saturated heterocycles. The number of likely N-dealkylation sites (tertiary alicyclic amines) is 1. The molecule has 186 valence electrons. The number of hydrogen-bond donors (Lipinski definition) is 1. The number of aromatic nitrogens is 1. The number of benzene rings is 1. The van der Waals surface area contributed by atoms with E-state index in [1.807, 2.05) is 18.2 Å². The van der Waals surface area contributed by atoms with Gasteiger partial charge < -0.3 is 9.88 Å². The number of amides is 1. The van der Waals surface area contributed by atoms with Crippen LogP contribution in [0.15, 0.2) is 52.3 Å². The summed E-state index contributed by atoms with van der Waals surface area (Å²) in [5.41, 5.74) is 1.80. The first-order valence-electron chi connectivity index (χ1n) is 12.0. The van der Waals surface area contributed by atoms with Gasteiger partial charge in [0, 0.05) is 38.4 Å². The van der Waals surface area contributed by atoms with Crippen molar-refractivity contribution in [2.75, 3.05) is 26.2 Å². The van der Waals surface area contributed by atoms with Crippen molar-refractivity contribution in [2.45, 2.75) is 58.1 Å². The molecule has 3 rings (SSSR count). The topological polar surface area (TPSA) is 91.7 Å². The monoisotopic (exact) mass is 488 g/mol. The van der Waals surface area contributed by atoms with Crippen LogP contribution in [0.4, 0.5) is 0 Å². The third-order valence-electron chi connectivity index (χ3n) is 6.48. The second-order valence-electron chi connectivity index (χ2n) is 8.92. The van der Waals surface area contributed by atoms with Gasteiger partial charge in [0.2, 0.25) is 15.9 Å². The van der Waals surface area contributed by atoms with E-state index in [0.717, 1.165) is 35.7 Å². The van der Waals surface area contributed by atoms with Crippen LogP contribution >= 0.6 is 0 Å². The molecule has 1 aliphatic heterocycles. The molecule has 8 nitrogen and oxygen atoms in total. The minimum absolute atomic E-state index is 0.00444. The largest absolute Gasteiger partial charge is 0.350 e. The van der Waals surface area contributed by atoms with Crippen molar-refractivity contribution in [1.29, 1.82) is 0 Å². The highest BCUT2D eigenvalue weighted by atomic mass is 32.2. The first kappa shape index (κ1) is 26.1. The van der Waals surface area contributed by atoms with Gasteiger partial charge in [-0.05, 0) is 49.0 Å². The summed E-state index contributed by atoms with van der Waals surface area (Å²) in [5, 5.41) is 2.89. The summed E-state index contributed by atoms with van der Waals surface area (Å²) in [4.78, 5) is 27.4. The standard InChI is InChI=1S/C25H36N4O4S/c1-4-29(5-2)34(32,33)23-10-11-25(31)28(18-23)19-24(30)26-16-21-8-6-7-9-22(21)17-27-14-12-20(3)13-15-27/h6-11,18,20H,4-5,12-17,19H2,1-3H3,(H,26,30). The molecule has 1 aromatic heterocycles. The van der Waals surface area contributed by atoms with E-state index in [9.17, 15) is 18.0 Å². The van der Waals surface area contributed by atoms with Crippen LogP contribution < -0.4 is 10.9 Å². The van der Waals surface area contributed by atoms with Crippen molar-refractivity contribution in [3.63, 3.8) is 0 Å². The van der Waals surface area contributed by atoms with Gasteiger partial charge in [0.05, 0.1) is 4.90 Å². The van der Waals surface area contributed by atoms with Crippen LogP contribution in [-0.2, 0) is 34.5 Å². The number of pyridine rings is 1.